The molecule has 0 aliphatic heterocycles. The summed E-state index contributed by atoms with van der Waals surface area (Å²) in [6.45, 7) is 3.85. The van der Waals surface area contributed by atoms with Crippen LogP contribution in [0.4, 0.5) is 14.5 Å². The second kappa shape index (κ2) is 7.93. The van der Waals surface area contributed by atoms with Crippen molar-refractivity contribution in [2.24, 2.45) is 17.3 Å². The Balaban J connectivity index is 1.53. The Hall–Kier alpha value is -3.16. The number of halogens is 2. The lowest BCUT2D eigenvalue weighted by molar-refractivity contribution is -0.118. The molecule has 2 aliphatic rings. The first-order valence-corrected chi connectivity index (χ1v) is 9.76. The molecule has 6 nitrogen and oxygen atoms in total. The molecule has 0 spiro atoms. The summed E-state index contributed by atoms with van der Waals surface area (Å²) in [6.07, 6.45) is 8.69. The molecule has 1 N–H and O–H groups in total. The summed E-state index contributed by atoms with van der Waals surface area (Å²) in [5.74, 6) is -0.526. The predicted octanol–water partition coefficient (Wildman–Crippen LogP) is 4.08. The molecule has 1 fully saturated rings. The van der Waals surface area contributed by atoms with Crippen molar-refractivity contribution in [3.8, 4) is 5.75 Å². The number of nitrogens with zero attached hydrogens (tertiary/aromatic N) is 3. The normalized spacial score (nSPS) is 24.9. The number of hydrogen-bond acceptors (Lipinski definition) is 5. The van der Waals surface area contributed by atoms with Gasteiger partial charge in [-0.2, -0.15) is 4.39 Å². The van der Waals surface area contributed by atoms with E-state index in [0.29, 0.717) is 29.4 Å². The molecule has 2 aliphatic carbocycles. The number of pyridine rings is 1. The molecule has 1 unspecified atom stereocenters. The summed E-state index contributed by atoms with van der Waals surface area (Å²) >= 11 is 0. The second-order valence-corrected chi connectivity index (χ2v) is 7.81. The van der Waals surface area contributed by atoms with E-state index in [0.717, 1.165) is 6.07 Å². The highest BCUT2D eigenvalue weighted by molar-refractivity contribution is 5.95. The van der Waals surface area contributed by atoms with E-state index in [1.54, 1.807) is 19.2 Å². The van der Waals surface area contributed by atoms with Crippen LogP contribution in [-0.2, 0) is 4.79 Å². The monoisotopic (exact) mass is 412 g/mol. The third-order valence-corrected chi connectivity index (χ3v) is 5.75. The molecule has 2 aromatic heterocycles. The van der Waals surface area contributed by atoms with Crippen LogP contribution in [0.2, 0.25) is 0 Å². The van der Waals surface area contributed by atoms with Gasteiger partial charge >= 0.3 is 0 Å². The van der Waals surface area contributed by atoms with Gasteiger partial charge in [0.05, 0.1) is 18.5 Å². The first-order valence-electron chi connectivity index (χ1n) is 9.76. The molecule has 156 valence electrons. The molecular formula is C22H22F2N4O2. The lowest BCUT2D eigenvalue weighted by Gasteiger charge is -2.27. The molecule has 3 atom stereocenters. The maximum absolute atomic E-state index is 14.0. The molecule has 0 radical (unpaired) electrons. The van der Waals surface area contributed by atoms with Crippen molar-refractivity contribution in [2.45, 2.75) is 26.7 Å². The maximum Gasteiger partial charge on any atom is 0.228 e. The zero-order valence-corrected chi connectivity index (χ0v) is 16.7. The lowest BCUT2D eigenvalue weighted by atomic mass is 9.82. The van der Waals surface area contributed by atoms with Crippen LogP contribution >= 0.6 is 0 Å². The van der Waals surface area contributed by atoms with Crippen molar-refractivity contribution in [2.75, 3.05) is 11.9 Å². The van der Waals surface area contributed by atoms with Gasteiger partial charge in [-0.1, -0.05) is 12.2 Å². The van der Waals surface area contributed by atoms with E-state index in [1.165, 1.54) is 18.3 Å². The minimum Gasteiger partial charge on any atom is -0.489 e. The minimum absolute atomic E-state index is 0.181. The zero-order valence-electron chi connectivity index (χ0n) is 16.7. The molecule has 1 amide bonds. The molecular weight excluding hydrogens is 390 g/mol. The Kier molecular flexibility index (Phi) is 5.32. The van der Waals surface area contributed by atoms with Crippen molar-refractivity contribution in [1.29, 1.82) is 0 Å². The largest absolute Gasteiger partial charge is 0.489 e. The molecule has 4 rings (SSSR count). The van der Waals surface area contributed by atoms with E-state index in [2.05, 4.69) is 20.3 Å². The number of ether oxygens (including phenoxy) is 1. The Morgan fingerprint density at radius 2 is 2.17 bits per heavy atom. The quantitative estimate of drug-likeness (QED) is 0.724. The third-order valence-electron chi connectivity index (χ3n) is 5.75. The average Bonchev–Trinajstić information content (AvgIpc) is 3.43. The Morgan fingerprint density at radius 1 is 1.33 bits per heavy atom. The maximum atomic E-state index is 14.0. The summed E-state index contributed by atoms with van der Waals surface area (Å²) in [5, 5.41) is 2.74. The smallest absolute Gasteiger partial charge is 0.228 e. The third kappa shape index (κ3) is 4.08. The van der Waals surface area contributed by atoms with E-state index in [9.17, 15) is 13.6 Å². The highest BCUT2D eigenvalue weighted by Crippen LogP contribution is 2.60. The molecule has 30 heavy (non-hydrogen) atoms. The predicted molar refractivity (Wildman–Crippen MR) is 107 cm³/mol. The molecule has 1 saturated carbocycles. The highest BCUT2D eigenvalue weighted by Gasteiger charge is 2.62. The zero-order chi connectivity index (χ0) is 21.3. The fourth-order valence-electron chi connectivity index (χ4n) is 4.02. The van der Waals surface area contributed by atoms with Gasteiger partial charge in [-0.3, -0.25) is 4.79 Å². The van der Waals surface area contributed by atoms with Gasteiger partial charge < -0.3 is 10.1 Å². The van der Waals surface area contributed by atoms with Crippen molar-refractivity contribution >= 4 is 11.6 Å². The summed E-state index contributed by atoms with van der Waals surface area (Å²) in [5.41, 5.74) is 0.480. The number of allylic oxidation sites excluding steroid dienone is 4. The number of nitrogens with one attached hydrogen (secondary N) is 1. The fourth-order valence-corrected chi connectivity index (χ4v) is 4.02. The fraction of sp³-hybridized carbons (Fsp3) is 0.364. The van der Waals surface area contributed by atoms with Crippen LogP contribution in [0.3, 0.4) is 0 Å². The summed E-state index contributed by atoms with van der Waals surface area (Å²) in [6, 6.07) is 2.69. The van der Waals surface area contributed by atoms with Crippen molar-refractivity contribution < 1.29 is 18.3 Å². The van der Waals surface area contributed by atoms with Crippen LogP contribution < -0.4 is 10.1 Å². The van der Waals surface area contributed by atoms with Crippen molar-refractivity contribution in [3.05, 3.63) is 66.0 Å². The summed E-state index contributed by atoms with van der Waals surface area (Å²) in [7, 11) is 0. The molecule has 0 aromatic carbocycles. The first kappa shape index (κ1) is 20.1. The SMILES string of the molecule is Cc1ncc(OC[C@@]2(C3C=CC=C(F)C3)C[C@H]2C(=O)Nc2ccnc(F)c2)c(C)n1. The topological polar surface area (TPSA) is 77.0 Å². The average molecular weight is 412 g/mol. The van der Waals surface area contributed by atoms with Crippen molar-refractivity contribution in [3.63, 3.8) is 0 Å². The van der Waals surface area contributed by atoms with Crippen LogP contribution in [0.25, 0.3) is 0 Å². The van der Waals surface area contributed by atoms with E-state index in [-0.39, 0.29) is 36.6 Å². The molecule has 0 bridgehead atoms. The van der Waals surface area contributed by atoms with E-state index in [4.69, 9.17) is 4.74 Å². The van der Waals surface area contributed by atoms with Crippen LogP contribution in [0.1, 0.15) is 24.4 Å². The van der Waals surface area contributed by atoms with Crippen LogP contribution in [0.15, 0.2) is 48.6 Å². The Bertz CT molecular complexity index is 1040. The standard InChI is InChI=1S/C22H22F2N4O2/c1-13-19(11-26-14(2)27-13)30-12-22(15-4-3-5-16(23)8-15)10-18(22)21(29)28-17-6-7-25-20(24)9-17/h3-7,9,11,15,18H,8,10,12H2,1-2H3,(H,25,28,29)/t15?,18-,22+/m0/s1. The van der Waals surface area contributed by atoms with Gasteiger partial charge in [0.1, 0.15) is 11.7 Å². The van der Waals surface area contributed by atoms with E-state index >= 15 is 0 Å². The van der Waals surface area contributed by atoms with Gasteiger partial charge in [-0.15, -0.1) is 0 Å². The van der Waals surface area contributed by atoms with E-state index in [1.807, 2.05) is 13.0 Å². The molecule has 2 heterocycles. The number of carbonyl (C=O) groups excluding carboxylic acids is 1. The lowest BCUT2D eigenvalue weighted by Crippen LogP contribution is -2.30. The van der Waals surface area contributed by atoms with Gasteiger partial charge in [0.25, 0.3) is 0 Å². The number of rotatable bonds is 6. The molecule has 8 heteroatoms. The number of amides is 1. The van der Waals surface area contributed by atoms with Gasteiger partial charge in [0.2, 0.25) is 11.9 Å². The summed E-state index contributed by atoms with van der Waals surface area (Å²) < 4.78 is 33.3. The Morgan fingerprint density at radius 3 is 2.90 bits per heavy atom. The van der Waals surface area contributed by atoms with Crippen LogP contribution in [0.5, 0.6) is 5.75 Å². The highest BCUT2D eigenvalue weighted by atomic mass is 19.1. The number of aromatic nitrogens is 3. The minimum atomic E-state index is -0.671. The summed E-state index contributed by atoms with van der Waals surface area (Å²) in [4.78, 5) is 24.8. The molecule has 2 aromatic rings. The number of hydrogen-bond donors (Lipinski definition) is 1. The van der Waals surface area contributed by atoms with Gasteiger partial charge in [-0.25, -0.2) is 19.3 Å². The van der Waals surface area contributed by atoms with E-state index < -0.39 is 11.4 Å². The van der Waals surface area contributed by atoms with Crippen molar-refractivity contribution in [1.82, 2.24) is 15.0 Å². The van der Waals surface area contributed by atoms with Gasteiger partial charge in [0.15, 0.2) is 5.75 Å². The van der Waals surface area contributed by atoms with Gasteiger partial charge in [0, 0.05) is 35.7 Å². The number of aryl methyl sites for hydroxylation is 2. The van der Waals surface area contributed by atoms with Crippen LogP contribution in [0, 0.1) is 37.0 Å². The Labute approximate surface area is 173 Å². The van der Waals surface area contributed by atoms with Gasteiger partial charge in [-0.05, 0) is 38.3 Å². The molecule has 0 saturated heterocycles. The second-order valence-electron chi connectivity index (χ2n) is 7.81. The first-order chi connectivity index (χ1) is 14.4. The van der Waals surface area contributed by atoms with Crippen LogP contribution in [-0.4, -0.2) is 27.5 Å². The number of carbonyl (C=O) groups is 1. The number of anilines is 1.